The van der Waals surface area contributed by atoms with Crippen molar-refractivity contribution < 1.29 is 19.1 Å². The first kappa shape index (κ1) is 21.5. The number of esters is 1. The summed E-state index contributed by atoms with van der Waals surface area (Å²) < 4.78 is 6.77. The second-order valence-corrected chi connectivity index (χ2v) is 7.73. The largest absolute Gasteiger partial charge is 0.449 e. The molecule has 0 saturated carbocycles. The predicted octanol–water partition coefficient (Wildman–Crippen LogP) is 3.24. The van der Waals surface area contributed by atoms with Crippen LogP contribution in [0.5, 0.6) is 0 Å². The van der Waals surface area contributed by atoms with Gasteiger partial charge in [-0.25, -0.2) is 9.48 Å². The number of carbonyl (C=O) groups is 3. The summed E-state index contributed by atoms with van der Waals surface area (Å²) in [5.74, 6) is -2.02. The molecule has 0 fully saturated rings. The third kappa shape index (κ3) is 4.69. The maximum Gasteiger partial charge on any atom is 0.343 e. The van der Waals surface area contributed by atoms with E-state index < -0.39 is 23.9 Å². The lowest BCUT2D eigenvalue weighted by Gasteiger charge is -2.13. The Kier molecular flexibility index (Phi) is 6.53. The van der Waals surface area contributed by atoms with Gasteiger partial charge in [0.2, 0.25) is 0 Å². The maximum absolute atomic E-state index is 12.6. The van der Waals surface area contributed by atoms with Crippen molar-refractivity contribution in [1.82, 2.24) is 9.78 Å². The Balaban J connectivity index is 1.70. The van der Waals surface area contributed by atoms with E-state index in [0.29, 0.717) is 17.2 Å². The lowest BCUT2D eigenvalue weighted by atomic mass is 10.2. The zero-order chi connectivity index (χ0) is 21.8. The molecule has 0 aliphatic carbocycles. The van der Waals surface area contributed by atoms with E-state index in [9.17, 15) is 14.4 Å². The van der Waals surface area contributed by atoms with Crippen molar-refractivity contribution in [2.24, 2.45) is 5.73 Å². The fourth-order valence-corrected chi connectivity index (χ4v) is 3.84. The molecule has 2 aromatic heterocycles. The van der Waals surface area contributed by atoms with Gasteiger partial charge in [0.15, 0.2) is 6.10 Å². The number of amides is 2. The van der Waals surface area contributed by atoms with E-state index in [1.54, 1.807) is 12.3 Å². The molecule has 1 atom stereocenters. The third-order valence-corrected chi connectivity index (χ3v) is 5.48. The van der Waals surface area contributed by atoms with Crippen LogP contribution in [0.4, 0.5) is 5.00 Å². The number of ether oxygens (including phenoxy) is 1. The van der Waals surface area contributed by atoms with Gasteiger partial charge in [-0.3, -0.25) is 9.59 Å². The molecule has 1 aromatic carbocycles. The highest BCUT2D eigenvalue weighted by Crippen LogP contribution is 2.24. The highest BCUT2D eigenvalue weighted by atomic mass is 35.5. The molecule has 1 unspecified atom stereocenters. The predicted molar refractivity (Wildman–Crippen MR) is 114 cm³/mol. The lowest BCUT2D eigenvalue weighted by Crippen LogP contribution is -2.30. The van der Waals surface area contributed by atoms with Crippen LogP contribution in [-0.4, -0.2) is 33.7 Å². The topological polar surface area (TPSA) is 116 Å². The number of hydrogen-bond donors (Lipinski definition) is 2. The van der Waals surface area contributed by atoms with Gasteiger partial charge in [-0.2, -0.15) is 5.10 Å². The minimum atomic E-state index is -1.13. The van der Waals surface area contributed by atoms with Gasteiger partial charge in [0, 0.05) is 0 Å². The van der Waals surface area contributed by atoms with E-state index in [2.05, 4.69) is 10.4 Å². The first-order valence-electron chi connectivity index (χ1n) is 8.94. The van der Waals surface area contributed by atoms with E-state index in [1.165, 1.54) is 17.7 Å². The SMILES string of the molecule is Cc1nn(Cc2ccccc2)c(Cl)c1C(=O)OC(C)C(=O)Nc1sccc1C(N)=O. The number of primary amides is 1. The number of nitrogens with one attached hydrogen (secondary N) is 1. The smallest absolute Gasteiger partial charge is 0.343 e. The Morgan fingerprint density at radius 2 is 1.97 bits per heavy atom. The van der Waals surface area contributed by atoms with Gasteiger partial charge >= 0.3 is 5.97 Å². The average molecular weight is 447 g/mol. The van der Waals surface area contributed by atoms with Crippen molar-refractivity contribution in [2.45, 2.75) is 26.5 Å². The Morgan fingerprint density at radius 3 is 2.63 bits per heavy atom. The summed E-state index contributed by atoms with van der Waals surface area (Å²) in [5, 5.41) is 8.89. The third-order valence-electron chi connectivity index (χ3n) is 4.27. The molecule has 30 heavy (non-hydrogen) atoms. The van der Waals surface area contributed by atoms with E-state index >= 15 is 0 Å². The minimum absolute atomic E-state index is 0.0983. The number of hydrogen-bond acceptors (Lipinski definition) is 6. The Bertz CT molecular complexity index is 1090. The van der Waals surface area contributed by atoms with Crippen LogP contribution in [0, 0.1) is 6.92 Å². The van der Waals surface area contributed by atoms with Gasteiger partial charge in [-0.15, -0.1) is 11.3 Å². The summed E-state index contributed by atoms with van der Waals surface area (Å²) >= 11 is 7.50. The second kappa shape index (κ2) is 9.10. The fourth-order valence-electron chi connectivity index (χ4n) is 2.73. The zero-order valence-corrected chi connectivity index (χ0v) is 17.8. The molecule has 8 nitrogen and oxygen atoms in total. The number of benzene rings is 1. The highest BCUT2D eigenvalue weighted by Gasteiger charge is 2.26. The van der Waals surface area contributed by atoms with Crippen LogP contribution in [0.15, 0.2) is 41.8 Å². The molecule has 3 aromatic rings. The zero-order valence-electron chi connectivity index (χ0n) is 16.2. The van der Waals surface area contributed by atoms with Crippen LogP contribution in [0.3, 0.4) is 0 Å². The van der Waals surface area contributed by atoms with Crippen LogP contribution >= 0.6 is 22.9 Å². The van der Waals surface area contributed by atoms with Gasteiger partial charge in [0.25, 0.3) is 11.8 Å². The second-order valence-electron chi connectivity index (χ2n) is 6.46. The van der Waals surface area contributed by atoms with E-state index in [4.69, 9.17) is 22.1 Å². The minimum Gasteiger partial charge on any atom is -0.449 e. The molecule has 0 radical (unpaired) electrons. The first-order valence-corrected chi connectivity index (χ1v) is 10.2. The van der Waals surface area contributed by atoms with E-state index in [-0.39, 0.29) is 16.3 Å². The highest BCUT2D eigenvalue weighted by molar-refractivity contribution is 7.14. The maximum atomic E-state index is 12.6. The van der Waals surface area contributed by atoms with Crippen molar-refractivity contribution in [3.8, 4) is 0 Å². The van der Waals surface area contributed by atoms with Gasteiger partial charge < -0.3 is 15.8 Å². The quantitative estimate of drug-likeness (QED) is 0.540. The number of carbonyl (C=O) groups excluding carboxylic acids is 3. The fraction of sp³-hybridized carbons (Fsp3) is 0.200. The van der Waals surface area contributed by atoms with Crippen LogP contribution < -0.4 is 11.1 Å². The number of aryl methyl sites for hydroxylation is 1. The van der Waals surface area contributed by atoms with E-state index in [0.717, 1.165) is 16.9 Å². The van der Waals surface area contributed by atoms with Crippen molar-refractivity contribution >= 4 is 45.7 Å². The van der Waals surface area contributed by atoms with Gasteiger partial charge in [-0.1, -0.05) is 41.9 Å². The molecule has 0 saturated heterocycles. The molecule has 156 valence electrons. The molecule has 2 amide bonds. The lowest BCUT2D eigenvalue weighted by molar-refractivity contribution is -0.123. The average Bonchev–Trinajstić information content (AvgIpc) is 3.26. The summed E-state index contributed by atoms with van der Waals surface area (Å²) in [6.07, 6.45) is -1.13. The summed E-state index contributed by atoms with van der Waals surface area (Å²) in [6.45, 7) is 3.44. The molecule has 0 bridgehead atoms. The number of thiophene rings is 1. The van der Waals surface area contributed by atoms with Crippen LogP contribution in [-0.2, 0) is 16.1 Å². The number of anilines is 1. The number of rotatable bonds is 7. The summed E-state index contributed by atoms with van der Waals surface area (Å²) in [7, 11) is 0. The summed E-state index contributed by atoms with van der Waals surface area (Å²) in [6, 6.07) is 11.0. The molecule has 3 rings (SSSR count). The number of nitrogens with zero attached hydrogens (tertiary/aromatic N) is 2. The first-order chi connectivity index (χ1) is 14.3. The van der Waals surface area contributed by atoms with Crippen molar-refractivity contribution in [3.05, 3.63) is 69.3 Å². The Labute approximate surface area is 181 Å². The van der Waals surface area contributed by atoms with Gasteiger partial charge in [0.05, 0.1) is 17.8 Å². The molecule has 0 spiro atoms. The normalized spacial score (nSPS) is 11.7. The summed E-state index contributed by atoms with van der Waals surface area (Å²) in [5.41, 5.74) is 6.91. The summed E-state index contributed by atoms with van der Waals surface area (Å²) in [4.78, 5) is 36.4. The van der Waals surface area contributed by atoms with Crippen LogP contribution in [0.1, 0.15) is 38.9 Å². The van der Waals surface area contributed by atoms with E-state index in [1.807, 2.05) is 30.3 Å². The Hall–Kier alpha value is -3.17. The van der Waals surface area contributed by atoms with Crippen molar-refractivity contribution in [1.29, 1.82) is 0 Å². The number of halogens is 1. The molecular weight excluding hydrogens is 428 g/mol. The molecule has 3 N–H and O–H groups in total. The van der Waals surface area contributed by atoms with Gasteiger partial charge in [0.1, 0.15) is 15.7 Å². The van der Waals surface area contributed by atoms with Crippen molar-refractivity contribution in [2.75, 3.05) is 5.32 Å². The molecule has 0 aliphatic rings. The standard InChI is InChI=1S/C20H19ClN4O4S/c1-11-15(16(21)25(24-11)10-13-6-4-3-5-7-13)20(28)29-12(2)18(27)23-19-14(17(22)26)8-9-30-19/h3-9,12H,10H2,1-2H3,(H2,22,26)(H,23,27). The molecule has 2 heterocycles. The van der Waals surface area contributed by atoms with Gasteiger partial charge in [-0.05, 0) is 30.9 Å². The van der Waals surface area contributed by atoms with Crippen LogP contribution in [0.25, 0.3) is 0 Å². The number of aromatic nitrogens is 2. The Morgan fingerprint density at radius 1 is 1.27 bits per heavy atom. The monoisotopic (exact) mass is 446 g/mol. The number of nitrogens with two attached hydrogens (primary N) is 1. The van der Waals surface area contributed by atoms with Crippen molar-refractivity contribution in [3.63, 3.8) is 0 Å². The molecule has 0 aliphatic heterocycles. The molecule has 10 heteroatoms. The molecular formula is C20H19ClN4O4S. The van der Waals surface area contributed by atoms with Crippen LogP contribution in [0.2, 0.25) is 5.15 Å².